The molecule has 2 unspecified atom stereocenters. The summed E-state index contributed by atoms with van der Waals surface area (Å²) in [6, 6.07) is 0. The van der Waals surface area contributed by atoms with Gasteiger partial charge in [-0.2, -0.15) is 0 Å². The van der Waals surface area contributed by atoms with Gasteiger partial charge in [0.25, 0.3) is 0 Å². The van der Waals surface area contributed by atoms with Gasteiger partial charge in [0, 0.05) is 0 Å². The molecule has 11 heteroatoms. The van der Waals surface area contributed by atoms with E-state index in [-0.39, 0.29) is 37.7 Å². The zero-order chi connectivity index (χ0) is 13.6. The van der Waals surface area contributed by atoms with Gasteiger partial charge in [0.2, 0.25) is 0 Å². The van der Waals surface area contributed by atoms with Crippen molar-refractivity contribution in [2.45, 2.75) is 24.3 Å². The first-order valence-electron chi connectivity index (χ1n) is 4.08. The minimum absolute atomic E-state index is 0. The van der Waals surface area contributed by atoms with Crippen molar-refractivity contribution in [1.82, 2.24) is 0 Å². The molecule has 2 atom stereocenters. The topological polar surface area (TPSA) is 155 Å². The first-order chi connectivity index (χ1) is 6.96. The number of aliphatic hydroxyl groups excluding tert-OH is 2. The summed E-state index contributed by atoms with van der Waals surface area (Å²) in [5.41, 5.74) is 0. The molecular formula is C6H14CaO8S2. The predicted molar refractivity (Wildman–Crippen MR) is 58.2 cm³/mol. The predicted octanol–water partition coefficient (Wildman–Crippen LogP) is -2.56. The van der Waals surface area contributed by atoms with E-state index >= 15 is 0 Å². The number of aliphatic hydroxyl groups is 2. The smallest absolute Gasteiger partial charge is 0.748 e. The van der Waals surface area contributed by atoms with E-state index in [1.54, 1.807) is 0 Å². The molecule has 0 heterocycles. The Bertz CT molecular complexity index is 337. The molecule has 0 aromatic carbocycles. The van der Waals surface area contributed by atoms with Crippen LogP contribution < -0.4 is 0 Å². The van der Waals surface area contributed by atoms with Gasteiger partial charge in [0.15, 0.2) is 0 Å². The first-order valence-corrected chi connectivity index (χ1v) is 7.02. The Morgan fingerprint density at radius 2 is 1.06 bits per heavy atom. The molecule has 0 bridgehead atoms. The molecule has 0 rings (SSSR count). The molecule has 17 heavy (non-hydrogen) atoms. The van der Waals surface area contributed by atoms with Crippen molar-refractivity contribution >= 4 is 58.0 Å². The maximum atomic E-state index is 9.85. The molecule has 0 radical (unpaired) electrons. The van der Waals surface area contributed by atoms with E-state index < -0.39 is 43.9 Å². The van der Waals surface area contributed by atoms with Gasteiger partial charge < -0.3 is 19.3 Å². The van der Waals surface area contributed by atoms with E-state index in [0.717, 1.165) is 13.8 Å². The van der Waals surface area contributed by atoms with Gasteiger partial charge in [-0.05, 0) is 13.8 Å². The third-order valence-corrected chi connectivity index (χ3v) is 3.77. The third-order valence-electron chi connectivity index (χ3n) is 1.50. The van der Waals surface area contributed by atoms with E-state index in [4.69, 9.17) is 10.2 Å². The van der Waals surface area contributed by atoms with E-state index in [9.17, 15) is 25.9 Å². The van der Waals surface area contributed by atoms with Crippen LogP contribution in [0.4, 0.5) is 0 Å². The van der Waals surface area contributed by atoms with E-state index in [1.165, 1.54) is 0 Å². The largest absolute Gasteiger partial charge is 2.00 e. The van der Waals surface area contributed by atoms with Crippen molar-refractivity contribution < 1.29 is 36.2 Å². The summed E-state index contributed by atoms with van der Waals surface area (Å²) in [4.78, 5) is 0. The van der Waals surface area contributed by atoms with E-state index in [0.29, 0.717) is 0 Å². The maximum Gasteiger partial charge on any atom is 2.00 e. The molecule has 8 nitrogen and oxygen atoms in total. The van der Waals surface area contributed by atoms with Gasteiger partial charge >= 0.3 is 37.7 Å². The van der Waals surface area contributed by atoms with Crippen LogP contribution in [0.15, 0.2) is 0 Å². The summed E-state index contributed by atoms with van der Waals surface area (Å²) >= 11 is 0. The molecule has 0 aromatic heterocycles. The monoisotopic (exact) mass is 318 g/mol. The van der Waals surface area contributed by atoms with Gasteiger partial charge in [-0.25, -0.2) is 16.8 Å². The standard InChI is InChI=1S/2C3H8O4S.Ca/c2*1-3(2-4)8(5,6)7;/h2*3-4H,2H2,1H3,(H,5,6,7);/q;;+2/p-2. The Balaban J connectivity index is -0.000000218. The number of hydrogen-bond acceptors (Lipinski definition) is 8. The molecule has 0 saturated heterocycles. The molecule has 0 amide bonds. The Labute approximate surface area is 131 Å². The normalized spacial score (nSPS) is 14.9. The Kier molecular flexibility index (Phi) is 13.4. The van der Waals surface area contributed by atoms with Crippen LogP contribution in [0.2, 0.25) is 0 Å². The van der Waals surface area contributed by atoms with Crippen LogP contribution >= 0.6 is 0 Å². The van der Waals surface area contributed by atoms with Crippen LogP contribution in [0.1, 0.15) is 13.8 Å². The molecule has 0 fully saturated rings. The van der Waals surface area contributed by atoms with Crippen molar-refractivity contribution in [2.75, 3.05) is 13.2 Å². The Hall–Kier alpha value is 1.000. The van der Waals surface area contributed by atoms with Crippen molar-refractivity contribution in [3.63, 3.8) is 0 Å². The second-order valence-electron chi connectivity index (χ2n) is 2.97. The molecular weight excluding hydrogens is 304 g/mol. The Morgan fingerprint density at radius 3 is 1.06 bits per heavy atom. The third kappa shape index (κ3) is 13.2. The number of rotatable bonds is 4. The van der Waals surface area contributed by atoms with E-state index in [1.807, 2.05) is 0 Å². The zero-order valence-electron chi connectivity index (χ0n) is 9.44. The summed E-state index contributed by atoms with van der Waals surface area (Å²) in [6.45, 7) is 1.10. The zero-order valence-corrected chi connectivity index (χ0v) is 13.3. The number of hydrogen-bond donors (Lipinski definition) is 2. The Morgan fingerprint density at radius 1 is 0.882 bits per heavy atom. The first kappa shape index (κ1) is 23.1. The minimum Gasteiger partial charge on any atom is -0.748 e. The SMILES string of the molecule is CC(CO)S(=O)(=O)[O-].CC(CO)S(=O)(=O)[O-].[Ca+2]. The molecule has 0 aliphatic rings. The van der Waals surface area contributed by atoms with Crippen LogP contribution in [0, 0.1) is 0 Å². The fourth-order valence-electron chi connectivity index (χ4n) is 0.183. The quantitative estimate of drug-likeness (QED) is 0.424. The summed E-state index contributed by atoms with van der Waals surface area (Å²) in [7, 11) is -8.51. The van der Waals surface area contributed by atoms with Crippen LogP contribution in [-0.2, 0) is 20.2 Å². The molecule has 0 aliphatic heterocycles. The average Bonchev–Trinajstić information content (AvgIpc) is 2.13. The van der Waals surface area contributed by atoms with Gasteiger partial charge in [-0.3, -0.25) is 0 Å². The second-order valence-corrected chi connectivity index (χ2v) is 6.55. The summed E-state index contributed by atoms with van der Waals surface area (Å²) in [5, 5.41) is 13.8. The van der Waals surface area contributed by atoms with Crippen molar-refractivity contribution in [3.8, 4) is 0 Å². The van der Waals surface area contributed by atoms with Gasteiger partial charge in [0.05, 0.1) is 43.9 Å². The van der Waals surface area contributed by atoms with E-state index in [2.05, 4.69) is 0 Å². The summed E-state index contributed by atoms with van der Waals surface area (Å²) in [6.07, 6.45) is 0. The van der Waals surface area contributed by atoms with Gasteiger partial charge in [-0.15, -0.1) is 0 Å². The molecule has 0 saturated carbocycles. The van der Waals surface area contributed by atoms with Crippen LogP contribution in [0.5, 0.6) is 0 Å². The second kappa shape index (κ2) is 9.87. The fraction of sp³-hybridized carbons (Fsp3) is 1.00. The van der Waals surface area contributed by atoms with Crippen LogP contribution in [0.3, 0.4) is 0 Å². The van der Waals surface area contributed by atoms with Crippen molar-refractivity contribution in [3.05, 3.63) is 0 Å². The van der Waals surface area contributed by atoms with Gasteiger partial charge in [0.1, 0.15) is 0 Å². The maximum absolute atomic E-state index is 9.85. The van der Waals surface area contributed by atoms with Crippen LogP contribution in [0.25, 0.3) is 0 Å². The fourth-order valence-corrected chi connectivity index (χ4v) is 0.548. The van der Waals surface area contributed by atoms with Crippen molar-refractivity contribution in [1.29, 1.82) is 0 Å². The average molecular weight is 318 g/mol. The molecule has 0 aromatic rings. The minimum atomic E-state index is -4.25. The summed E-state index contributed by atoms with van der Waals surface area (Å²) in [5.74, 6) is 0. The molecule has 0 aliphatic carbocycles. The summed E-state index contributed by atoms with van der Waals surface area (Å²) < 4.78 is 59.1. The molecule has 0 spiro atoms. The van der Waals surface area contributed by atoms with Crippen molar-refractivity contribution in [2.24, 2.45) is 0 Å². The molecule has 2 N–H and O–H groups in total. The molecule has 100 valence electrons. The van der Waals surface area contributed by atoms with Gasteiger partial charge in [-0.1, -0.05) is 0 Å². The van der Waals surface area contributed by atoms with Crippen LogP contribution in [-0.4, -0.2) is 97.6 Å².